The van der Waals surface area contributed by atoms with Crippen LogP contribution < -0.4 is 16.4 Å². The molecule has 108 valence electrons. The van der Waals surface area contributed by atoms with E-state index in [1.54, 1.807) is 6.07 Å². The zero-order valence-corrected chi connectivity index (χ0v) is 10.8. The molecule has 0 heterocycles. The van der Waals surface area contributed by atoms with E-state index in [2.05, 4.69) is 10.6 Å². The first-order valence-corrected chi connectivity index (χ1v) is 5.92. The molecular formula is C14H12FN3O3. The van der Waals surface area contributed by atoms with Gasteiger partial charge >= 0.3 is 12.0 Å². The molecule has 0 aliphatic carbocycles. The van der Waals surface area contributed by atoms with Crippen molar-refractivity contribution in [3.63, 3.8) is 0 Å². The largest absolute Gasteiger partial charge is 0.478 e. The number of para-hydroxylation sites is 1. The molecule has 0 unspecified atom stereocenters. The molecule has 0 atom stereocenters. The van der Waals surface area contributed by atoms with Crippen molar-refractivity contribution in [2.24, 2.45) is 0 Å². The molecule has 0 bridgehead atoms. The molecule has 2 aromatic rings. The van der Waals surface area contributed by atoms with Gasteiger partial charge in [0.1, 0.15) is 5.82 Å². The topological polar surface area (TPSA) is 104 Å². The summed E-state index contributed by atoms with van der Waals surface area (Å²) in [6.45, 7) is 0. The van der Waals surface area contributed by atoms with E-state index in [0.717, 1.165) is 0 Å². The number of rotatable bonds is 3. The van der Waals surface area contributed by atoms with Crippen LogP contribution in [0.5, 0.6) is 0 Å². The zero-order valence-electron chi connectivity index (χ0n) is 10.8. The molecule has 0 saturated carbocycles. The molecule has 21 heavy (non-hydrogen) atoms. The van der Waals surface area contributed by atoms with E-state index in [1.807, 2.05) is 0 Å². The van der Waals surface area contributed by atoms with Gasteiger partial charge in [-0.2, -0.15) is 0 Å². The molecule has 0 fully saturated rings. The van der Waals surface area contributed by atoms with Gasteiger partial charge in [-0.3, -0.25) is 0 Å². The first kappa shape index (κ1) is 14.3. The van der Waals surface area contributed by atoms with Crippen LogP contribution in [0, 0.1) is 5.82 Å². The van der Waals surface area contributed by atoms with Crippen molar-refractivity contribution in [2.45, 2.75) is 0 Å². The van der Waals surface area contributed by atoms with Crippen LogP contribution in [-0.4, -0.2) is 17.1 Å². The van der Waals surface area contributed by atoms with Crippen LogP contribution in [0.15, 0.2) is 42.5 Å². The minimum Gasteiger partial charge on any atom is -0.478 e. The summed E-state index contributed by atoms with van der Waals surface area (Å²) >= 11 is 0. The average Bonchev–Trinajstić information content (AvgIpc) is 2.43. The summed E-state index contributed by atoms with van der Waals surface area (Å²) in [6.07, 6.45) is 0. The van der Waals surface area contributed by atoms with Crippen LogP contribution in [0.2, 0.25) is 0 Å². The summed E-state index contributed by atoms with van der Waals surface area (Å²) in [7, 11) is 0. The van der Waals surface area contributed by atoms with Crippen molar-refractivity contribution in [2.75, 3.05) is 16.4 Å². The molecule has 0 aliphatic heterocycles. The van der Waals surface area contributed by atoms with Gasteiger partial charge in [-0.1, -0.05) is 12.1 Å². The average molecular weight is 289 g/mol. The fourth-order valence-electron chi connectivity index (χ4n) is 1.65. The number of carboxylic acid groups (broad SMARTS) is 1. The van der Waals surface area contributed by atoms with Crippen LogP contribution in [-0.2, 0) is 0 Å². The van der Waals surface area contributed by atoms with Gasteiger partial charge in [0.25, 0.3) is 0 Å². The van der Waals surface area contributed by atoms with E-state index in [4.69, 9.17) is 10.8 Å². The normalized spacial score (nSPS) is 9.95. The van der Waals surface area contributed by atoms with Crippen molar-refractivity contribution < 1.29 is 19.1 Å². The molecule has 6 nitrogen and oxygen atoms in total. The van der Waals surface area contributed by atoms with Crippen molar-refractivity contribution in [3.8, 4) is 0 Å². The third kappa shape index (κ3) is 3.47. The Morgan fingerprint density at radius 2 is 1.71 bits per heavy atom. The Balaban J connectivity index is 2.10. The second-order valence-corrected chi connectivity index (χ2v) is 4.17. The number of anilines is 3. The number of hydrogen-bond donors (Lipinski definition) is 4. The molecule has 2 amide bonds. The van der Waals surface area contributed by atoms with Crippen molar-refractivity contribution in [1.82, 2.24) is 0 Å². The number of carbonyl (C=O) groups excluding carboxylic acids is 1. The maximum Gasteiger partial charge on any atom is 0.335 e. The summed E-state index contributed by atoms with van der Waals surface area (Å²) in [5.74, 6) is -1.69. The van der Waals surface area contributed by atoms with Crippen LogP contribution >= 0.6 is 0 Å². The molecule has 0 aromatic heterocycles. The predicted octanol–water partition coefficient (Wildman–Crippen LogP) is 2.75. The second kappa shape index (κ2) is 5.91. The van der Waals surface area contributed by atoms with Crippen molar-refractivity contribution >= 4 is 29.1 Å². The molecule has 2 rings (SSSR count). The minimum absolute atomic E-state index is 0.00700. The Labute approximate surface area is 119 Å². The van der Waals surface area contributed by atoms with Gasteiger partial charge in [0, 0.05) is 0 Å². The predicted molar refractivity (Wildman–Crippen MR) is 76.9 cm³/mol. The molecular weight excluding hydrogens is 277 g/mol. The smallest absolute Gasteiger partial charge is 0.335 e. The fourth-order valence-corrected chi connectivity index (χ4v) is 1.65. The van der Waals surface area contributed by atoms with Crippen molar-refractivity contribution in [1.29, 1.82) is 0 Å². The van der Waals surface area contributed by atoms with Gasteiger partial charge in [0.2, 0.25) is 0 Å². The lowest BCUT2D eigenvalue weighted by atomic mass is 10.2. The lowest BCUT2D eigenvalue weighted by Gasteiger charge is -2.10. The number of carboxylic acids is 1. The van der Waals surface area contributed by atoms with Crippen LogP contribution in [0.25, 0.3) is 0 Å². The lowest BCUT2D eigenvalue weighted by Crippen LogP contribution is -2.20. The zero-order chi connectivity index (χ0) is 15.4. The maximum absolute atomic E-state index is 13.4. The van der Waals surface area contributed by atoms with Gasteiger partial charge in [0.15, 0.2) is 0 Å². The number of hydrogen-bond acceptors (Lipinski definition) is 3. The van der Waals surface area contributed by atoms with Crippen LogP contribution in [0.3, 0.4) is 0 Å². The van der Waals surface area contributed by atoms with Gasteiger partial charge in [-0.05, 0) is 30.3 Å². The Bertz CT molecular complexity index is 704. The van der Waals surface area contributed by atoms with Gasteiger partial charge in [-0.15, -0.1) is 0 Å². The fraction of sp³-hybridized carbons (Fsp3) is 0. The summed E-state index contributed by atoms with van der Waals surface area (Å²) in [5.41, 5.74) is 6.01. The molecule has 2 aromatic carbocycles. The van der Waals surface area contributed by atoms with Crippen LogP contribution in [0.1, 0.15) is 10.4 Å². The lowest BCUT2D eigenvalue weighted by molar-refractivity contribution is 0.0697. The molecule has 0 saturated heterocycles. The summed E-state index contributed by atoms with van der Waals surface area (Å²) in [5, 5.41) is 13.6. The quantitative estimate of drug-likeness (QED) is 0.652. The maximum atomic E-state index is 13.4. The number of carbonyl (C=O) groups is 2. The highest BCUT2D eigenvalue weighted by molar-refractivity contribution is 6.02. The molecule has 0 aliphatic rings. The summed E-state index contributed by atoms with van der Waals surface area (Å²) in [6, 6.07) is 8.90. The van der Waals surface area contributed by atoms with Gasteiger partial charge < -0.3 is 21.5 Å². The first-order valence-electron chi connectivity index (χ1n) is 5.92. The van der Waals surface area contributed by atoms with E-state index >= 15 is 0 Å². The van der Waals surface area contributed by atoms with E-state index in [1.165, 1.54) is 36.4 Å². The van der Waals surface area contributed by atoms with Gasteiger partial charge in [-0.25, -0.2) is 14.0 Å². The number of nitrogens with two attached hydrogens (primary N) is 1. The highest BCUT2D eigenvalue weighted by Crippen LogP contribution is 2.20. The molecule has 5 N–H and O–H groups in total. The van der Waals surface area contributed by atoms with E-state index < -0.39 is 17.8 Å². The van der Waals surface area contributed by atoms with Gasteiger partial charge in [0.05, 0.1) is 22.6 Å². The van der Waals surface area contributed by atoms with E-state index in [9.17, 15) is 14.0 Å². The Hall–Kier alpha value is -3.09. The van der Waals surface area contributed by atoms with E-state index in [0.29, 0.717) is 0 Å². The Kier molecular flexibility index (Phi) is 4.03. The number of aromatic carboxylic acids is 1. The molecule has 0 spiro atoms. The monoisotopic (exact) mass is 289 g/mol. The minimum atomic E-state index is -1.12. The second-order valence-electron chi connectivity index (χ2n) is 4.17. The highest BCUT2D eigenvalue weighted by Gasteiger charge is 2.10. The third-order valence-corrected chi connectivity index (χ3v) is 2.67. The molecule has 0 radical (unpaired) electrons. The standard InChI is InChI=1S/C14H12FN3O3/c15-9-3-1-2-4-11(9)17-14(21)18-12-6-5-8(13(19)20)7-10(12)16/h1-7H,16H2,(H,19,20)(H2,17,18,21). The SMILES string of the molecule is Nc1cc(C(=O)O)ccc1NC(=O)Nc1ccccc1F. The number of nitrogen functional groups attached to an aromatic ring is 1. The number of halogens is 1. The van der Waals surface area contributed by atoms with Crippen molar-refractivity contribution in [3.05, 3.63) is 53.8 Å². The van der Waals surface area contributed by atoms with Crippen LogP contribution in [0.4, 0.5) is 26.2 Å². The Morgan fingerprint density at radius 3 is 2.33 bits per heavy atom. The summed E-state index contributed by atoms with van der Waals surface area (Å²) < 4.78 is 13.4. The first-order chi connectivity index (χ1) is 9.97. The number of nitrogens with one attached hydrogen (secondary N) is 2. The highest BCUT2D eigenvalue weighted by atomic mass is 19.1. The number of benzene rings is 2. The number of urea groups is 1. The Morgan fingerprint density at radius 1 is 1.05 bits per heavy atom. The number of amides is 2. The summed E-state index contributed by atoms with van der Waals surface area (Å²) in [4.78, 5) is 22.5. The molecule has 7 heteroatoms. The van der Waals surface area contributed by atoms with E-state index in [-0.39, 0.29) is 22.6 Å². The third-order valence-electron chi connectivity index (χ3n) is 2.67.